The number of nitrogens with one attached hydrogen (secondary N) is 2. The predicted octanol–water partition coefficient (Wildman–Crippen LogP) is 1.04. The molecular formula is C12H12N6. The second kappa shape index (κ2) is 4.89. The predicted molar refractivity (Wildman–Crippen MR) is 66.5 cm³/mol. The minimum absolute atomic E-state index is 0.590. The van der Waals surface area contributed by atoms with Crippen LogP contribution in [0.15, 0.2) is 36.5 Å². The zero-order valence-electron chi connectivity index (χ0n) is 9.67. The van der Waals surface area contributed by atoms with Crippen LogP contribution in [0.1, 0.15) is 11.4 Å². The third-order valence-corrected chi connectivity index (χ3v) is 2.73. The number of fused-ring (bicyclic) bond motifs is 1. The zero-order valence-corrected chi connectivity index (χ0v) is 9.67. The van der Waals surface area contributed by atoms with Crippen LogP contribution < -0.4 is 5.32 Å². The third kappa shape index (κ3) is 2.18. The van der Waals surface area contributed by atoms with Crippen molar-refractivity contribution in [1.82, 2.24) is 30.9 Å². The molecule has 0 saturated heterocycles. The number of hydrogen-bond acceptors (Lipinski definition) is 5. The number of hydrogen-bond donors (Lipinski definition) is 2. The van der Waals surface area contributed by atoms with Gasteiger partial charge in [0.25, 0.3) is 0 Å². The second-order valence-corrected chi connectivity index (χ2v) is 3.92. The second-order valence-electron chi connectivity index (χ2n) is 3.92. The molecule has 18 heavy (non-hydrogen) atoms. The van der Waals surface area contributed by atoms with Crippen molar-refractivity contribution in [3.05, 3.63) is 47.9 Å². The molecule has 0 amide bonds. The van der Waals surface area contributed by atoms with Gasteiger partial charge < -0.3 is 5.32 Å². The van der Waals surface area contributed by atoms with E-state index in [4.69, 9.17) is 0 Å². The number of benzene rings is 1. The maximum absolute atomic E-state index is 4.33. The fraction of sp³-hybridized carbons (Fsp3) is 0.167. The Hall–Kier alpha value is -2.34. The van der Waals surface area contributed by atoms with E-state index in [-0.39, 0.29) is 0 Å². The van der Waals surface area contributed by atoms with Gasteiger partial charge in [0.15, 0.2) is 5.82 Å². The van der Waals surface area contributed by atoms with Gasteiger partial charge in [-0.2, -0.15) is 5.21 Å². The van der Waals surface area contributed by atoms with Gasteiger partial charge in [0.2, 0.25) is 0 Å². The summed E-state index contributed by atoms with van der Waals surface area (Å²) in [4.78, 5) is 4.33. The van der Waals surface area contributed by atoms with Crippen molar-refractivity contribution in [1.29, 1.82) is 0 Å². The standard InChI is InChI=1S/C12H12N6/c1-2-4-11-10(3-1)9(5-6-14-11)7-13-8-12-15-17-18-16-12/h1-6,13H,7-8H2,(H,15,16,17,18). The number of aromatic nitrogens is 5. The van der Waals surface area contributed by atoms with Crippen molar-refractivity contribution < 1.29 is 0 Å². The molecule has 0 aliphatic carbocycles. The Balaban J connectivity index is 1.74. The molecule has 0 bridgehead atoms. The first-order valence-electron chi connectivity index (χ1n) is 5.69. The molecule has 2 aromatic heterocycles. The highest BCUT2D eigenvalue weighted by Crippen LogP contribution is 2.15. The van der Waals surface area contributed by atoms with Crippen LogP contribution >= 0.6 is 0 Å². The number of para-hydroxylation sites is 1. The summed E-state index contributed by atoms with van der Waals surface area (Å²) in [5.74, 6) is 0.661. The van der Waals surface area contributed by atoms with Crippen LogP contribution in [0.3, 0.4) is 0 Å². The summed E-state index contributed by atoms with van der Waals surface area (Å²) >= 11 is 0. The van der Waals surface area contributed by atoms with Gasteiger partial charge in [-0.3, -0.25) is 4.98 Å². The van der Waals surface area contributed by atoms with Gasteiger partial charge in [-0.05, 0) is 17.7 Å². The fourth-order valence-corrected chi connectivity index (χ4v) is 1.88. The van der Waals surface area contributed by atoms with Gasteiger partial charge in [-0.1, -0.05) is 23.4 Å². The monoisotopic (exact) mass is 240 g/mol. The van der Waals surface area contributed by atoms with Crippen LogP contribution in [0.4, 0.5) is 0 Å². The van der Waals surface area contributed by atoms with Crippen LogP contribution in [0.2, 0.25) is 0 Å². The van der Waals surface area contributed by atoms with Crippen LogP contribution in [-0.4, -0.2) is 25.6 Å². The molecule has 0 fully saturated rings. The molecule has 0 radical (unpaired) electrons. The molecule has 0 aliphatic rings. The SMILES string of the molecule is c1ccc2c(CNCc3nn[nH]n3)ccnc2c1. The molecule has 0 spiro atoms. The van der Waals surface area contributed by atoms with Crippen molar-refractivity contribution in [2.75, 3.05) is 0 Å². The lowest BCUT2D eigenvalue weighted by atomic mass is 10.1. The molecule has 6 heteroatoms. The Morgan fingerprint density at radius 2 is 2.06 bits per heavy atom. The summed E-state index contributed by atoms with van der Waals surface area (Å²) in [5.41, 5.74) is 2.22. The largest absolute Gasteiger partial charge is 0.306 e. The summed E-state index contributed by atoms with van der Waals surface area (Å²) in [7, 11) is 0. The highest BCUT2D eigenvalue weighted by Gasteiger charge is 2.02. The summed E-state index contributed by atoms with van der Waals surface area (Å²) < 4.78 is 0. The van der Waals surface area contributed by atoms with Gasteiger partial charge in [-0.15, -0.1) is 10.2 Å². The van der Waals surface area contributed by atoms with Gasteiger partial charge in [0.1, 0.15) is 0 Å². The van der Waals surface area contributed by atoms with E-state index in [1.54, 1.807) is 0 Å². The van der Waals surface area contributed by atoms with E-state index in [2.05, 4.69) is 37.0 Å². The maximum Gasteiger partial charge on any atom is 0.188 e. The number of pyridine rings is 1. The molecule has 1 aromatic carbocycles. The van der Waals surface area contributed by atoms with E-state index < -0.39 is 0 Å². The summed E-state index contributed by atoms with van der Waals surface area (Å²) in [5, 5.41) is 18.2. The molecule has 0 unspecified atom stereocenters. The Morgan fingerprint density at radius 3 is 2.94 bits per heavy atom. The molecule has 0 atom stereocenters. The minimum Gasteiger partial charge on any atom is -0.306 e. The first kappa shape index (κ1) is 10.8. The van der Waals surface area contributed by atoms with Gasteiger partial charge in [0.05, 0.1) is 12.1 Å². The Morgan fingerprint density at radius 1 is 1.11 bits per heavy atom. The zero-order chi connectivity index (χ0) is 12.2. The average molecular weight is 240 g/mol. The average Bonchev–Trinajstić information content (AvgIpc) is 2.92. The van der Waals surface area contributed by atoms with Gasteiger partial charge in [0, 0.05) is 18.1 Å². The maximum atomic E-state index is 4.33. The molecule has 2 N–H and O–H groups in total. The molecule has 3 rings (SSSR count). The van der Waals surface area contributed by atoms with Crippen molar-refractivity contribution in [3.63, 3.8) is 0 Å². The van der Waals surface area contributed by atoms with Crippen LogP contribution in [0.5, 0.6) is 0 Å². The van der Waals surface area contributed by atoms with Gasteiger partial charge in [-0.25, -0.2) is 0 Å². The van der Waals surface area contributed by atoms with Gasteiger partial charge >= 0.3 is 0 Å². The van der Waals surface area contributed by atoms with E-state index in [1.165, 1.54) is 10.9 Å². The first-order chi connectivity index (χ1) is 8.93. The Kier molecular flexibility index (Phi) is 2.93. The van der Waals surface area contributed by atoms with E-state index in [1.807, 2.05) is 30.5 Å². The van der Waals surface area contributed by atoms with E-state index in [9.17, 15) is 0 Å². The summed E-state index contributed by atoms with van der Waals surface area (Å²) in [6.45, 7) is 1.34. The fourth-order valence-electron chi connectivity index (χ4n) is 1.88. The molecule has 6 nitrogen and oxygen atoms in total. The smallest absolute Gasteiger partial charge is 0.188 e. The van der Waals surface area contributed by atoms with Crippen LogP contribution in [-0.2, 0) is 13.1 Å². The van der Waals surface area contributed by atoms with Crippen LogP contribution in [0.25, 0.3) is 10.9 Å². The molecule has 0 saturated carbocycles. The highest BCUT2D eigenvalue weighted by atomic mass is 15.5. The molecule has 90 valence electrons. The minimum atomic E-state index is 0.590. The number of nitrogens with zero attached hydrogens (tertiary/aromatic N) is 4. The normalized spacial score (nSPS) is 10.9. The lowest BCUT2D eigenvalue weighted by Gasteiger charge is -2.06. The number of rotatable bonds is 4. The lowest BCUT2D eigenvalue weighted by molar-refractivity contribution is 0.666. The Bertz CT molecular complexity index is 629. The Labute approximate surface area is 103 Å². The van der Waals surface area contributed by atoms with Crippen LogP contribution in [0, 0.1) is 0 Å². The molecule has 0 aliphatic heterocycles. The highest BCUT2D eigenvalue weighted by molar-refractivity contribution is 5.81. The molecule has 3 aromatic rings. The quantitative estimate of drug-likeness (QED) is 0.712. The summed E-state index contributed by atoms with van der Waals surface area (Å²) in [6.07, 6.45) is 1.83. The summed E-state index contributed by atoms with van der Waals surface area (Å²) in [6, 6.07) is 10.1. The number of tetrazole rings is 1. The van der Waals surface area contributed by atoms with Crippen molar-refractivity contribution >= 4 is 10.9 Å². The number of aromatic amines is 1. The molecular weight excluding hydrogens is 228 g/mol. The molecule has 2 heterocycles. The number of H-pyrrole nitrogens is 1. The topological polar surface area (TPSA) is 79.4 Å². The third-order valence-electron chi connectivity index (χ3n) is 2.73. The van der Waals surface area contributed by atoms with Crippen molar-refractivity contribution in [2.24, 2.45) is 0 Å². The van der Waals surface area contributed by atoms with E-state index in [0.29, 0.717) is 12.4 Å². The lowest BCUT2D eigenvalue weighted by Crippen LogP contribution is -2.14. The first-order valence-corrected chi connectivity index (χ1v) is 5.69. The van der Waals surface area contributed by atoms with E-state index >= 15 is 0 Å². The van der Waals surface area contributed by atoms with Crippen molar-refractivity contribution in [3.8, 4) is 0 Å². The van der Waals surface area contributed by atoms with Crippen molar-refractivity contribution in [2.45, 2.75) is 13.1 Å². The van der Waals surface area contributed by atoms with E-state index in [0.717, 1.165) is 12.1 Å².